The molecule has 2 rings (SSSR count). The maximum atomic E-state index is 13.1. The largest absolute Gasteiger partial charge is 0.271 e. The van der Waals surface area contributed by atoms with Gasteiger partial charge in [-0.2, -0.15) is 11.8 Å². The third kappa shape index (κ3) is 2.51. The first-order chi connectivity index (χ1) is 7.31. The average Bonchev–Trinajstić information content (AvgIpc) is 2.72. The third-order valence-corrected chi connectivity index (χ3v) is 4.01. The summed E-state index contributed by atoms with van der Waals surface area (Å²) in [5.74, 6) is 8.15. The quantitative estimate of drug-likeness (QED) is 0.612. The van der Waals surface area contributed by atoms with Crippen molar-refractivity contribution in [3.05, 3.63) is 35.6 Å². The Labute approximate surface area is 93.4 Å². The first-order valence-corrected chi connectivity index (χ1v) is 6.26. The number of halogens is 1. The molecule has 0 bridgehead atoms. The zero-order chi connectivity index (χ0) is 10.7. The van der Waals surface area contributed by atoms with Crippen LogP contribution in [0.1, 0.15) is 18.0 Å². The maximum absolute atomic E-state index is 13.1. The molecular formula is C11H15FN2S. The summed E-state index contributed by atoms with van der Waals surface area (Å²) < 4.78 is 13.1. The van der Waals surface area contributed by atoms with Crippen LogP contribution in [0.5, 0.6) is 0 Å². The Morgan fingerprint density at radius 2 is 2.40 bits per heavy atom. The van der Waals surface area contributed by atoms with Crippen LogP contribution in [0.25, 0.3) is 0 Å². The van der Waals surface area contributed by atoms with Crippen LogP contribution in [0.4, 0.5) is 4.39 Å². The van der Waals surface area contributed by atoms with Crippen LogP contribution in [-0.4, -0.2) is 11.5 Å². The molecule has 2 unspecified atom stereocenters. The highest BCUT2D eigenvalue weighted by Crippen LogP contribution is 2.33. The molecule has 0 saturated carbocycles. The first-order valence-electron chi connectivity index (χ1n) is 5.10. The van der Waals surface area contributed by atoms with E-state index in [0.29, 0.717) is 5.92 Å². The Morgan fingerprint density at radius 1 is 1.53 bits per heavy atom. The lowest BCUT2D eigenvalue weighted by atomic mass is 9.93. The molecule has 0 radical (unpaired) electrons. The molecule has 0 aliphatic carbocycles. The van der Waals surface area contributed by atoms with Gasteiger partial charge in [0, 0.05) is 6.04 Å². The minimum Gasteiger partial charge on any atom is -0.271 e. The van der Waals surface area contributed by atoms with Crippen LogP contribution in [0.3, 0.4) is 0 Å². The molecule has 1 fully saturated rings. The molecule has 1 aliphatic heterocycles. The van der Waals surface area contributed by atoms with Crippen LogP contribution in [0, 0.1) is 11.7 Å². The van der Waals surface area contributed by atoms with Crippen LogP contribution in [-0.2, 0) is 0 Å². The molecule has 0 spiro atoms. The van der Waals surface area contributed by atoms with Crippen molar-refractivity contribution in [1.82, 2.24) is 5.43 Å². The highest BCUT2D eigenvalue weighted by atomic mass is 32.2. The molecule has 1 aromatic carbocycles. The van der Waals surface area contributed by atoms with Crippen molar-refractivity contribution < 1.29 is 4.39 Å². The second-order valence-electron chi connectivity index (χ2n) is 3.82. The number of thioether (sulfide) groups is 1. The summed E-state index contributed by atoms with van der Waals surface area (Å²) in [4.78, 5) is 0. The van der Waals surface area contributed by atoms with Gasteiger partial charge in [-0.1, -0.05) is 12.1 Å². The van der Waals surface area contributed by atoms with Crippen LogP contribution in [0.2, 0.25) is 0 Å². The SMILES string of the molecule is NNC(c1cccc(F)c1)C1CCSC1. The van der Waals surface area contributed by atoms with Gasteiger partial charge < -0.3 is 0 Å². The van der Waals surface area contributed by atoms with Crippen molar-refractivity contribution >= 4 is 11.8 Å². The monoisotopic (exact) mass is 226 g/mol. The number of hydrogen-bond donors (Lipinski definition) is 2. The summed E-state index contributed by atoms with van der Waals surface area (Å²) in [6.07, 6.45) is 1.15. The van der Waals surface area contributed by atoms with Crippen molar-refractivity contribution in [1.29, 1.82) is 0 Å². The molecule has 1 heterocycles. The van der Waals surface area contributed by atoms with E-state index in [2.05, 4.69) is 5.43 Å². The topological polar surface area (TPSA) is 38.0 Å². The van der Waals surface area contributed by atoms with Crippen molar-refractivity contribution in [2.75, 3.05) is 11.5 Å². The summed E-state index contributed by atoms with van der Waals surface area (Å²) >= 11 is 1.94. The molecule has 2 nitrogen and oxygen atoms in total. The normalized spacial score (nSPS) is 22.9. The van der Waals surface area contributed by atoms with E-state index in [4.69, 9.17) is 5.84 Å². The fourth-order valence-electron chi connectivity index (χ4n) is 2.02. The predicted molar refractivity (Wildman–Crippen MR) is 61.9 cm³/mol. The number of nitrogens with two attached hydrogens (primary N) is 1. The summed E-state index contributed by atoms with van der Waals surface area (Å²) in [6, 6.07) is 6.76. The van der Waals surface area contributed by atoms with Gasteiger partial charge in [-0.05, 0) is 41.5 Å². The smallest absolute Gasteiger partial charge is 0.123 e. The lowest BCUT2D eigenvalue weighted by Crippen LogP contribution is -2.33. The zero-order valence-corrected chi connectivity index (χ0v) is 9.27. The van der Waals surface area contributed by atoms with Gasteiger partial charge in [0.25, 0.3) is 0 Å². The number of hydrogen-bond acceptors (Lipinski definition) is 3. The third-order valence-electron chi connectivity index (χ3n) is 2.82. The number of benzene rings is 1. The van der Waals surface area contributed by atoms with Gasteiger partial charge in [0.2, 0.25) is 0 Å². The molecular weight excluding hydrogens is 211 g/mol. The summed E-state index contributed by atoms with van der Waals surface area (Å²) in [7, 11) is 0. The van der Waals surface area contributed by atoms with Crippen molar-refractivity contribution in [3.63, 3.8) is 0 Å². The lowest BCUT2D eigenvalue weighted by molar-refractivity contribution is 0.399. The molecule has 1 aromatic rings. The van der Waals surface area contributed by atoms with E-state index in [1.54, 1.807) is 12.1 Å². The van der Waals surface area contributed by atoms with E-state index in [1.165, 1.54) is 11.8 Å². The van der Waals surface area contributed by atoms with E-state index < -0.39 is 0 Å². The van der Waals surface area contributed by atoms with Gasteiger partial charge in [0.05, 0.1) is 0 Å². The summed E-state index contributed by atoms with van der Waals surface area (Å²) in [6.45, 7) is 0. The molecule has 3 N–H and O–H groups in total. The molecule has 15 heavy (non-hydrogen) atoms. The maximum Gasteiger partial charge on any atom is 0.123 e. The molecule has 4 heteroatoms. The average molecular weight is 226 g/mol. The number of nitrogens with one attached hydrogen (secondary N) is 1. The molecule has 2 atom stereocenters. The molecule has 0 aromatic heterocycles. The Kier molecular flexibility index (Phi) is 3.61. The van der Waals surface area contributed by atoms with Gasteiger partial charge >= 0.3 is 0 Å². The first kappa shape index (κ1) is 10.9. The highest BCUT2D eigenvalue weighted by molar-refractivity contribution is 7.99. The Bertz CT molecular complexity index is 326. The van der Waals surface area contributed by atoms with Crippen molar-refractivity contribution in [3.8, 4) is 0 Å². The van der Waals surface area contributed by atoms with Crippen molar-refractivity contribution in [2.24, 2.45) is 11.8 Å². The molecule has 0 amide bonds. The Balaban J connectivity index is 2.18. The van der Waals surface area contributed by atoms with Crippen LogP contribution < -0.4 is 11.3 Å². The predicted octanol–water partition coefficient (Wildman–Crippen LogP) is 2.08. The number of rotatable bonds is 3. The van der Waals surface area contributed by atoms with E-state index in [9.17, 15) is 4.39 Å². The van der Waals surface area contributed by atoms with Crippen LogP contribution >= 0.6 is 11.8 Å². The standard InChI is InChI=1S/C11H15FN2S/c12-10-3-1-2-8(6-10)11(14-13)9-4-5-15-7-9/h1-3,6,9,11,14H,4-5,7,13H2. The molecule has 82 valence electrons. The van der Waals surface area contributed by atoms with Gasteiger partial charge in [0.15, 0.2) is 0 Å². The van der Waals surface area contributed by atoms with Gasteiger partial charge in [-0.15, -0.1) is 0 Å². The van der Waals surface area contributed by atoms with E-state index >= 15 is 0 Å². The minimum atomic E-state index is -0.196. The summed E-state index contributed by atoms with van der Waals surface area (Å²) in [5, 5.41) is 0. The zero-order valence-electron chi connectivity index (χ0n) is 8.45. The Morgan fingerprint density at radius 3 is 3.00 bits per heavy atom. The molecule has 1 saturated heterocycles. The van der Waals surface area contributed by atoms with E-state index in [1.807, 2.05) is 17.8 Å². The van der Waals surface area contributed by atoms with Gasteiger partial charge in [-0.3, -0.25) is 11.3 Å². The van der Waals surface area contributed by atoms with Crippen molar-refractivity contribution in [2.45, 2.75) is 12.5 Å². The second kappa shape index (κ2) is 4.96. The van der Waals surface area contributed by atoms with E-state index in [0.717, 1.165) is 17.7 Å². The minimum absolute atomic E-state index is 0.0794. The van der Waals surface area contributed by atoms with E-state index in [-0.39, 0.29) is 11.9 Å². The van der Waals surface area contributed by atoms with Crippen LogP contribution in [0.15, 0.2) is 24.3 Å². The summed E-state index contributed by atoms with van der Waals surface area (Å²) in [5.41, 5.74) is 3.76. The number of hydrazine groups is 1. The lowest BCUT2D eigenvalue weighted by Gasteiger charge is -2.22. The highest BCUT2D eigenvalue weighted by Gasteiger charge is 2.25. The second-order valence-corrected chi connectivity index (χ2v) is 4.97. The fourth-order valence-corrected chi connectivity index (χ4v) is 3.32. The fraction of sp³-hybridized carbons (Fsp3) is 0.455. The van der Waals surface area contributed by atoms with Gasteiger partial charge in [-0.25, -0.2) is 4.39 Å². The molecule has 1 aliphatic rings. The Hall–Kier alpha value is -0.580. The van der Waals surface area contributed by atoms with Gasteiger partial charge in [0.1, 0.15) is 5.82 Å².